The van der Waals surface area contributed by atoms with E-state index in [-0.39, 0.29) is 0 Å². The summed E-state index contributed by atoms with van der Waals surface area (Å²) >= 11 is 1.89. The van der Waals surface area contributed by atoms with Crippen molar-refractivity contribution in [2.45, 2.75) is 20.6 Å². The molecule has 0 N–H and O–H groups in total. The van der Waals surface area contributed by atoms with Crippen LogP contribution in [0.2, 0.25) is 0 Å². The molecule has 65 heavy (non-hydrogen) atoms. The quantitative estimate of drug-likeness (QED) is 0.175. The molecule has 2 spiro atoms. The Morgan fingerprint density at radius 1 is 0.323 bits per heavy atom. The molecule has 4 aliphatic rings. The van der Waals surface area contributed by atoms with Crippen molar-refractivity contribution in [3.63, 3.8) is 0 Å². The number of hydrogen-bond donors (Lipinski definition) is 0. The summed E-state index contributed by atoms with van der Waals surface area (Å²) in [5.74, 6) is 1.78. The Labute approximate surface area is 383 Å². The Morgan fingerprint density at radius 3 is 1.48 bits per heavy atom. The number of para-hydroxylation sites is 2. The van der Waals surface area contributed by atoms with Gasteiger partial charge in [-0.3, -0.25) is 0 Å². The van der Waals surface area contributed by atoms with E-state index in [0.29, 0.717) is 0 Å². The molecular weight excluding hydrogens is 807 g/mol. The van der Waals surface area contributed by atoms with Crippen LogP contribution in [0.3, 0.4) is 0 Å². The third kappa shape index (κ3) is 4.91. The Bertz CT molecular complexity index is 3480. The minimum atomic E-state index is -0.590. The third-order valence-corrected chi connectivity index (χ3v) is 15.6. The Balaban J connectivity index is 1.06. The first-order valence-electron chi connectivity index (χ1n) is 22.4. The molecule has 14 rings (SSSR count). The summed E-state index contributed by atoms with van der Waals surface area (Å²) in [6, 6.07) is 87.5. The smallest absolute Gasteiger partial charge is 0.132 e. The maximum absolute atomic E-state index is 6.72. The van der Waals surface area contributed by atoms with Crippen LogP contribution in [0.5, 0.6) is 11.5 Å². The zero-order chi connectivity index (χ0) is 42.7. The van der Waals surface area contributed by atoms with Gasteiger partial charge in [0.15, 0.2) is 0 Å². The van der Waals surface area contributed by atoms with Crippen molar-refractivity contribution < 1.29 is 4.74 Å². The first kappa shape index (κ1) is 36.6. The van der Waals surface area contributed by atoms with Crippen LogP contribution in [0, 0.1) is 0 Å². The van der Waals surface area contributed by atoms with Crippen molar-refractivity contribution in [3.8, 4) is 44.9 Å². The molecule has 0 fully saturated rings. The monoisotopic (exact) mass is 845 g/mol. The SMILES string of the molecule is c1ccc(-c2ccc(N(c3ccc4c(c3)C3(c5ccccc5S4)c4ccccc4-c4ccccc43)c3cccc4c3-c3ccccc3C43c4ccccc4Oc4ccccc43)cc2)cc1. The largest absolute Gasteiger partial charge is 0.457 e. The average Bonchev–Trinajstić information content (AvgIpc) is 3.84. The lowest BCUT2D eigenvalue weighted by molar-refractivity contribution is 0.436. The molecule has 0 saturated carbocycles. The van der Waals surface area contributed by atoms with E-state index in [9.17, 15) is 0 Å². The second kappa shape index (κ2) is 13.8. The molecule has 0 radical (unpaired) electrons. The van der Waals surface area contributed by atoms with E-state index in [4.69, 9.17) is 4.74 Å². The second-order valence-corrected chi connectivity index (χ2v) is 18.5. The summed E-state index contributed by atoms with van der Waals surface area (Å²) < 4.78 is 6.72. The first-order valence-corrected chi connectivity index (χ1v) is 23.2. The van der Waals surface area contributed by atoms with E-state index in [0.717, 1.165) is 39.7 Å². The lowest BCUT2D eigenvalue weighted by Gasteiger charge is -2.40. The molecule has 2 aliphatic carbocycles. The van der Waals surface area contributed by atoms with Crippen LogP contribution >= 0.6 is 11.8 Å². The van der Waals surface area contributed by atoms with E-state index < -0.39 is 10.8 Å². The van der Waals surface area contributed by atoms with E-state index in [1.807, 2.05) is 11.8 Å². The molecule has 10 aromatic rings. The van der Waals surface area contributed by atoms with Gasteiger partial charge in [-0.25, -0.2) is 0 Å². The fourth-order valence-electron chi connectivity index (χ4n) is 11.9. The molecule has 0 aromatic heterocycles. The Hall–Kier alpha value is -7.85. The van der Waals surface area contributed by atoms with Crippen LogP contribution in [0.4, 0.5) is 17.1 Å². The van der Waals surface area contributed by atoms with Crippen LogP contribution in [0.1, 0.15) is 44.5 Å². The van der Waals surface area contributed by atoms with E-state index in [1.54, 1.807) is 0 Å². The molecule has 10 aromatic carbocycles. The van der Waals surface area contributed by atoms with Crippen molar-refractivity contribution in [3.05, 3.63) is 281 Å². The molecule has 0 amide bonds. The maximum Gasteiger partial charge on any atom is 0.132 e. The Morgan fingerprint density at radius 2 is 0.800 bits per heavy atom. The third-order valence-electron chi connectivity index (χ3n) is 14.4. The van der Waals surface area contributed by atoms with Gasteiger partial charge in [-0.15, -0.1) is 0 Å². The van der Waals surface area contributed by atoms with Gasteiger partial charge in [0, 0.05) is 37.9 Å². The molecule has 2 aliphatic heterocycles. The van der Waals surface area contributed by atoms with Crippen molar-refractivity contribution in [1.29, 1.82) is 0 Å². The molecule has 0 bridgehead atoms. The molecule has 0 atom stereocenters. The van der Waals surface area contributed by atoms with Gasteiger partial charge >= 0.3 is 0 Å². The zero-order valence-corrected chi connectivity index (χ0v) is 36.1. The van der Waals surface area contributed by atoms with Crippen LogP contribution in [0.25, 0.3) is 33.4 Å². The van der Waals surface area contributed by atoms with Gasteiger partial charge in [-0.1, -0.05) is 194 Å². The molecule has 0 saturated heterocycles. The number of nitrogens with zero attached hydrogens (tertiary/aromatic N) is 1. The number of fused-ring (bicyclic) bond motifs is 18. The normalized spacial score (nSPS) is 14.5. The minimum Gasteiger partial charge on any atom is -0.457 e. The van der Waals surface area contributed by atoms with Gasteiger partial charge in [-0.05, 0) is 116 Å². The predicted octanol–water partition coefficient (Wildman–Crippen LogP) is 16.1. The van der Waals surface area contributed by atoms with Gasteiger partial charge in [0.1, 0.15) is 11.5 Å². The van der Waals surface area contributed by atoms with Gasteiger partial charge in [-0.2, -0.15) is 0 Å². The second-order valence-electron chi connectivity index (χ2n) is 17.5. The maximum atomic E-state index is 6.72. The summed E-state index contributed by atoms with van der Waals surface area (Å²) in [4.78, 5) is 5.09. The van der Waals surface area contributed by atoms with Crippen molar-refractivity contribution in [1.82, 2.24) is 0 Å². The zero-order valence-electron chi connectivity index (χ0n) is 35.3. The number of anilines is 3. The average molecular weight is 846 g/mol. The molecule has 0 unspecified atom stereocenters. The fourth-order valence-corrected chi connectivity index (χ4v) is 13.1. The summed E-state index contributed by atoms with van der Waals surface area (Å²) in [7, 11) is 0. The highest BCUT2D eigenvalue weighted by atomic mass is 32.2. The standard InChI is InChI=1S/C62H39NOS/c1-2-17-40(18-3-1)41-33-35-42(36-34-41)63(43-37-38-59-54(39-43)61(52-27-12-15-32-58(52)65-59)47-22-7-4-19-44(47)45-20-5-8-23-48(45)61)55-29-16-28-53-60(55)46-21-6-9-24-49(46)62(53)50-25-10-13-30-56(50)64-57-31-14-11-26-51(57)62/h1-39H. The molecule has 304 valence electrons. The number of ether oxygens (including phenoxy) is 1. The molecule has 3 heteroatoms. The van der Waals surface area contributed by atoms with Crippen LogP contribution in [-0.2, 0) is 10.8 Å². The van der Waals surface area contributed by atoms with Crippen LogP contribution in [-0.4, -0.2) is 0 Å². The lowest BCUT2D eigenvalue weighted by atomic mass is 9.66. The molecular formula is C62H39NOS. The topological polar surface area (TPSA) is 12.5 Å². The number of benzene rings is 10. The predicted molar refractivity (Wildman–Crippen MR) is 265 cm³/mol. The number of rotatable bonds is 4. The lowest BCUT2D eigenvalue weighted by Crippen LogP contribution is -2.32. The summed E-state index contributed by atoms with van der Waals surface area (Å²) in [5, 5.41) is 0. The van der Waals surface area contributed by atoms with Crippen LogP contribution < -0.4 is 9.64 Å². The van der Waals surface area contributed by atoms with E-state index >= 15 is 0 Å². The Kier molecular flexibility index (Phi) is 7.79. The number of hydrogen-bond acceptors (Lipinski definition) is 3. The van der Waals surface area contributed by atoms with Crippen LogP contribution in [0.15, 0.2) is 246 Å². The minimum absolute atomic E-state index is 0.506. The van der Waals surface area contributed by atoms with Gasteiger partial charge < -0.3 is 9.64 Å². The van der Waals surface area contributed by atoms with Crippen molar-refractivity contribution in [2.75, 3.05) is 4.90 Å². The van der Waals surface area contributed by atoms with E-state index in [2.05, 4.69) is 241 Å². The van der Waals surface area contributed by atoms with Gasteiger partial charge in [0.05, 0.1) is 16.5 Å². The fraction of sp³-hybridized carbons (Fsp3) is 0.0323. The highest BCUT2D eigenvalue weighted by Crippen LogP contribution is 2.66. The van der Waals surface area contributed by atoms with Crippen molar-refractivity contribution >= 4 is 28.8 Å². The summed E-state index contributed by atoms with van der Waals surface area (Å²) in [5.41, 5.74) is 19.8. The highest BCUT2D eigenvalue weighted by molar-refractivity contribution is 7.99. The van der Waals surface area contributed by atoms with Crippen molar-refractivity contribution in [2.24, 2.45) is 0 Å². The molecule has 2 heterocycles. The van der Waals surface area contributed by atoms with Gasteiger partial charge in [0.25, 0.3) is 0 Å². The first-order chi connectivity index (χ1) is 32.2. The highest BCUT2D eigenvalue weighted by Gasteiger charge is 2.53. The van der Waals surface area contributed by atoms with E-state index in [1.165, 1.54) is 76.6 Å². The molecule has 2 nitrogen and oxygen atoms in total. The summed E-state index contributed by atoms with van der Waals surface area (Å²) in [6.07, 6.45) is 0. The van der Waals surface area contributed by atoms with Gasteiger partial charge in [0.2, 0.25) is 0 Å². The summed E-state index contributed by atoms with van der Waals surface area (Å²) in [6.45, 7) is 0.